The molecule has 1 saturated heterocycles. The summed E-state index contributed by atoms with van der Waals surface area (Å²) in [5.41, 5.74) is 0. The topological polar surface area (TPSA) is 54.4 Å². The molecule has 1 N–H and O–H groups in total. The lowest BCUT2D eigenvalue weighted by molar-refractivity contribution is -0.137. The summed E-state index contributed by atoms with van der Waals surface area (Å²) in [6.07, 6.45) is 0. The molecule has 0 aliphatic carbocycles. The standard InChI is InChI=1S/C6H8O3S2/c1-6(2)10-3(4(7)8)5(9)11-6/h3H,1-2H3,(H,7,8)/t3-/m0/s1. The van der Waals surface area contributed by atoms with Gasteiger partial charge in [-0.1, -0.05) is 11.8 Å². The van der Waals surface area contributed by atoms with E-state index in [2.05, 4.69) is 0 Å². The molecular formula is C6H8O3S2. The molecule has 1 heterocycles. The minimum Gasteiger partial charge on any atom is -0.480 e. The number of carboxylic acid groups (broad SMARTS) is 1. The van der Waals surface area contributed by atoms with Gasteiger partial charge in [0.2, 0.25) is 5.12 Å². The smallest absolute Gasteiger partial charge is 0.325 e. The highest BCUT2D eigenvalue weighted by Crippen LogP contribution is 2.48. The van der Waals surface area contributed by atoms with Crippen molar-refractivity contribution in [2.24, 2.45) is 0 Å². The molecule has 1 aliphatic rings. The van der Waals surface area contributed by atoms with E-state index in [4.69, 9.17) is 5.11 Å². The second-order valence-electron chi connectivity index (χ2n) is 2.66. The van der Waals surface area contributed by atoms with Crippen LogP contribution in [-0.4, -0.2) is 25.5 Å². The fourth-order valence-electron chi connectivity index (χ4n) is 0.803. The van der Waals surface area contributed by atoms with Crippen LogP contribution in [0, 0.1) is 0 Å². The van der Waals surface area contributed by atoms with E-state index in [0.29, 0.717) is 0 Å². The summed E-state index contributed by atoms with van der Waals surface area (Å²) in [5, 5.41) is 7.45. The summed E-state index contributed by atoms with van der Waals surface area (Å²) < 4.78 is -0.278. The van der Waals surface area contributed by atoms with Gasteiger partial charge in [-0.05, 0) is 13.8 Å². The summed E-state index contributed by atoms with van der Waals surface area (Å²) in [7, 11) is 0. The van der Waals surface area contributed by atoms with E-state index in [1.165, 1.54) is 11.8 Å². The minimum atomic E-state index is -1.03. The van der Waals surface area contributed by atoms with E-state index in [-0.39, 0.29) is 9.19 Å². The molecule has 0 aromatic heterocycles. The molecule has 0 amide bonds. The van der Waals surface area contributed by atoms with Crippen molar-refractivity contribution in [2.45, 2.75) is 23.2 Å². The number of rotatable bonds is 1. The zero-order valence-electron chi connectivity index (χ0n) is 6.16. The second-order valence-corrected chi connectivity index (χ2v) is 6.27. The van der Waals surface area contributed by atoms with Crippen LogP contribution in [0.5, 0.6) is 0 Å². The third kappa shape index (κ3) is 1.90. The lowest BCUT2D eigenvalue weighted by Crippen LogP contribution is -2.20. The summed E-state index contributed by atoms with van der Waals surface area (Å²) in [6, 6.07) is 0. The summed E-state index contributed by atoms with van der Waals surface area (Å²) in [4.78, 5) is 21.4. The highest BCUT2D eigenvalue weighted by Gasteiger charge is 2.43. The molecule has 0 aromatic rings. The molecule has 1 rings (SSSR count). The van der Waals surface area contributed by atoms with Crippen LogP contribution >= 0.6 is 23.5 Å². The van der Waals surface area contributed by atoms with Crippen molar-refractivity contribution in [1.82, 2.24) is 0 Å². The van der Waals surface area contributed by atoms with Crippen LogP contribution in [0.4, 0.5) is 0 Å². The molecule has 1 fully saturated rings. The lowest BCUT2D eigenvalue weighted by Gasteiger charge is -2.11. The molecule has 1 atom stereocenters. The Morgan fingerprint density at radius 2 is 2.18 bits per heavy atom. The van der Waals surface area contributed by atoms with Gasteiger partial charge in [0, 0.05) is 0 Å². The van der Waals surface area contributed by atoms with E-state index < -0.39 is 11.2 Å². The van der Waals surface area contributed by atoms with Gasteiger partial charge in [0.1, 0.15) is 0 Å². The first-order valence-electron chi connectivity index (χ1n) is 3.06. The van der Waals surface area contributed by atoms with Crippen molar-refractivity contribution in [2.75, 3.05) is 0 Å². The van der Waals surface area contributed by atoms with Crippen molar-refractivity contribution in [3.63, 3.8) is 0 Å². The largest absolute Gasteiger partial charge is 0.480 e. The third-order valence-corrected chi connectivity index (χ3v) is 4.02. The fourth-order valence-corrected chi connectivity index (χ4v) is 3.28. The van der Waals surface area contributed by atoms with Gasteiger partial charge in [0.05, 0.1) is 4.08 Å². The molecule has 0 unspecified atom stereocenters. The molecule has 0 aromatic carbocycles. The maximum atomic E-state index is 11.0. The highest BCUT2D eigenvalue weighted by atomic mass is 32.2. The maximum Gasteiger partial charge on any atom is 0.325 e. The normalized spacial score (nSPS) is 28.9. The first-order valence-corrected chi connectivity index (χ1v) is 4.75. The van der Waals surface area contributed by atoms with Crippen molar-refractivity contribution in [3.8, 4) is 0 Å². The van der Waals surface area contributed by atoms with Crippen LogP contribution in [0.15, 0.2) is 0 Å². The summed E-state index contributed by atoms with van der Waals surface area (Å²) >= 11 is 2.30. The number of carbonyl (C=O) groups excluding carboxylic acids is 1. The van der Waals surface area contributed by atoms with Gasteiger partial charge in [-0.25, -0.2) is 0 Å². The maximum absolute atomic E-state index is 11.0. The van der Waals surface area contributed by atoms with Crippen molar-refractivity contribution in [1.29, 1.82) is 0 Å². The molecule has 0 bridgehead atoms. The Morgan fingerprint density at radius 3 is 2.36 bits per heavy atom. The molecule has 0 spiro atoms. The van der Waals surface area contributed by atoms with Crippen LogP contribution in [0.25, 0.3) is 0 Å². The number of thioether (sulfide) groups is 2. The lowest BCUT2D eigenvalue weighted by atomic mass is 10.5. The molecule has 3 nitrogen and oxygen atoms in total. The van der Waals surface area contributed by atoms with E-state index >= 15 is 0 Å². The van der Waals surface area contributed by atoms with Crippen LogP contribution in [0.1, 0.15) is 13.8 Å². The fraction of sp³-hybridized carbons (Fsp3) is 0.667. The van der Waals surface area contributed by atoms with Gasteiger partial charge in [0.15, 0.2) is 5.25 Å². The first kappa shape index (κ1) is 8.93. The monoisotopic (exact) mass is 192 g/mol. The van der Waals surface area contributed by atoms with E-state index in [1.54, 1.807) is 0 Å². The van der Waals surface area contributed by atoms with E-state index in [9.17, 15) is 9.59 Å². The number of carboxylic acids is 1. The SMILES string of the molecule is CC1(C)SC(=O)[C@H](C(=O)O)S1. The Bertz CT molecular complexity index is 212. The van der Waals surface area contributed by atoms with Gasteiger partial charge in [0.25, 0.3) is 0 Å². The van der Waals surface area contributed by atoms with Crippen LogP contribution in [0.3, 0.4) is 0 Å². The summed E-state index contributed by atoms with van der Waals surface area (Å²) in [6.45, 7) is 3.70. The number of aliphatic carboxylic acids is 1. The Kier molecular flexibility index (Phi) is 2.20. The Balaban J connectivity index is 2.74. The Labute approximate surface area is 72.9 Å². The van der Waals surface area contributed by atoms with Crippen molar-refractivity contribution in [3.05, 3.63) is 0 Å². The predicted octanol–water partition coefficient (Wildman–Crippen LogP) is 1.18. The summed E-state index contributed by atoms with van der Waals surface area (Å²) in [5.74, 6) is -1.03. The second kappa shape index (κ2) is 2.71. The molecule has 0 radical (unpaired) electrons. The van der Waals surface area contributed by atoms with Crippen LogP contribution in [0.2, 0.25) is 0 Å². The quantitative estimate of drug-likeness (QED) is 0.632. The average Bonchev–Trinajstić information content (AvgIpc) is 2.05. The molecule has 1 aliphatic heterocycles. The zero-order valence-corrected chi connectivity index (χ0v) is 7.79. The Morgan fingerprint density at radius 1 is 1.64 bits per heavy atom. The zero-order chi connectivity index (χ0) is 8.65. The first-order chi connectivity index (χ1) is 4.92. The number of hydrogen-bond acceptors (Lipinski definition) is 4. The molecule has 0 saturated carbocycles. The molecular weight excluding hydrogens is 184 g/mol. The van der Waals surface area contributed by atoms with Gasteiger partial charge in [-0.2, -0.15) is 0 Å². The van der Waals surface area contributed by atoms with Crippen molar-refractivity contribution < 1.29 is 14.7 Å². The van der Waals surface area contributed by atoms with Gasteiger partial charge < -0.3 is 5.11 Å². The predicted molar refractivity (Wildman–Crippen MR) is 45.7 cm³/mol. The number of hydrogen-bond donors (Lipinski definition) is 1. The van der Waals surface area contributed by atoms with E-state index in [0.717, 1.165) is 11.8 Å². The molecule has 5 heteroatoms. The molecule has 62 valence electrons. The van der Waals surface area contributed by atoms with Gasteiger partial charge in [-0.3, -0.25) is 9.59 Å². The van der Waals surface area contributed by atoms with Crippen LogP contribution in [-0.2, 0) is 9.59 Å². The van der Waals surface area contributed by atoms with E-state index in [1.807, 2.05) is 13.8 Å². The Hall–Kier alpha value is -0.160. The van der Waals surface area contributed by atoms with Gasteiger partial charge >= 0.3 is 5.97 Å². The van der Waals surface area contributed by atoms with Gasteiger partial charge in [-0.15, -0.1) is 11.8 Å². The molecule has 11 heavy (non-hydrogen) atoms. The van der Waals surface area contributed by atoms with Crippen LogP contribution < -0.4 is 0 Å². The third-order valence-electron chi connectivity index (χ3n) is 1.19. The minimum absolute atomic E-state index is 0.243. The average molecular weight is 192 g/mol. The highest BCUT2D eigenvalue weighted by molar-refractivity contribution is 8.31. The van der Waals surface area contributed by atoms with Crippen molar-refractivity contribution >= 4 is 34.6 Å². The number of carbonyl (C=O) groups is 2.